The predicted molar refractivity (Wildman–Crippen MR) is 271 cm³/mol. The molecule has 9 rings (SSSR count). The van der Waals surface area contributed by atoms with Crippen molar-refractivity contribution in [3.63, 3.8) is 0 Å². The Morgan fingerprint density at radius 2 is 1.06 bits per heavy atom. The van der Waals surface area contributed by atoms with Gasteiger partial charge in [-0.05, 0) is 148 Å². The molecule has 0 atom stereocenters. The first-order valence-corrected chi connectivity index (χ1v) is 24.1. The molecule has 0 radical (unpaired) electrons. The molecule has 0 aliphatic rings. The Kier molecular flexibility index (Phi) is 14.7. The molecule has 0 saturated carbocycles. The van der Waals surface area contributed by atoms with Crippen LogP contribution in [0.5, 0.6) is 11.5 Å². The van der Waals surface area contributed by atoms with Crippen molar-refractivity contribution in [2.75, 3.05) is 0 Å². The van der Waals surface area contributed by atoms with Gasteiger partial charge in [0, 0.05) is 49.5 Å². The van der Waals surface area contributed by atoms with E-state index in [0.717, 1.165) is 56.5 Å². The number of halogens is 2. The van der Waals surface area contributed by atoms with Gasteiger partial charge in [0.15, 0.2) is 10.7 Å². The van der Waals surface area contributed by atoms with Crippen molar-refractivity contribution in [1.29, 1.82) is 0 Å². The van der Waals surface area contributed by atoms with Crippen LogP contribution in [-0.4, -0.2) is 39.7 Å². The summed E-state index contributed by atoms with van der Waals surface area (Å²) in [6.07, 6.45) is 0. The Hall–Kier alpha value is -7.84. The number of carboxylic acids is 1. The van der Waals surface area contributed by atoms with E-state index >= 15 is 0 Å². The number of carbonyl (C=O) groups is 2. The number of hydrogen-bond donors (Lipinski definition) is 2. The number of ether oxygens (including phenoxy) is 2. The van der Waals surface area contributed by atoms with Crippen LogP contribution in [0, 0.1) is 27.7 Å². The van der Waals surface area contributed by atoms with Gasteiger partial charge in [-0.15, -0.1) is 0 Å². The summed E-state index contributed by atoms with van der Waals surface area (Å²) in [6.45, 7) is 7.71. The van der Waals surface area contributed by atoms with Crippen LogP contribution in [-0.2, 0) is 23.2 Å². The van der Waals surface area contributed by atoms with E-state index in [4.69, 9.17) is 37.2 Å². The Balaban J connectivity index is 0.000000196. The van der Waals surface area contributed by atoms with Crippen molar-refractivity contribution < 1.29 is 37.1 Å². The predicted octanol–water partition coefficient (Wildman–Crippen LogP) is 12.8. The van der Waals surface area contributed by atoms with Crippen LogP contribution >= 0.6 is 23.2 Å². The minimum Gasteiger partial charge on any atom is -0.488 e. The molecule has 15 heteroatoms. The Morgan fingerprint density at radius 3 is 1.51 bits per heavy atom. The topological polar surface area (TPSA) is 155 Å². The highest BCUT2D eigenvalue weighted by molar-refractivity contribution is 7.90. The lowest BCUT2D eigenvalue weighted by Gasteiger charge is -2.16. The van der Waals surface area contributed by atoms with Crippen molar-refractivity contribution >= 4 is 45.1 Å². The van der Waals surface area contributed by atoms with Crippen molar-refractivity contribution in [2.24, 2.45) is 0 Å². The fraction of sp³-hybridized carbons (Fsp3) is 0.109. The molecule has 3 aromatic heterocycles. The number of aromatic carboxylic acids is 1. The summed E-state index contributed by atoms with van der Waals surface area (Å²) in [5.41, 5.74) is 9.59. The van der Waals surface area contributed by atoms with Gasteiger partial charge in [0.25, 0.3) is 15.9 Å². The van der Waals surface area contributed by atoms with Crippen LogP contribution in [0.25, 0.3) is 33.9 Å². The molecule has 9 aromatic rings. The normalized spacial score (nSPS) is 11.1. The number of rotatable bonds is 14. The second-order valence-corrected chi connectivity index (χ2v) is 18.7. The Labute approximate surface area is 415 Å². The molecule has 354 valence electrons. The number of carboxylic acid groups (broad SMARTS) is 1. The van der Waals surface area contributed by atoms with Gasteiger partial charge in [-0.3, -0.25) is 4.79 Å². The largest absolute Gasteiger partial charge is 0.488 e. The second-order valence-electron chi connectivity index (χ2n) is 16.2. The first-order chi connectivity index (χ1) is 33.7. The minimum atomic E-state index is -4.18. The van der Waals surface area contributed by atoms with Crippen molar-refractivity contribution in [3.8, 4) is 45.4 Å². The van der Waals surface area contributed by atoms with Gasteiger partial charge in [-0.1, -0.05) is 89.0 Å². The monoisotopic (exact) mass is 992 g/mol. The van der Waals surface area contributed by atoms with E-state index in [1.165, 1.54) is 13.8 Å². The number of hydrogen-bond acceptors (Lipinski definition) is 8. The maximum absolute atomic E-state index is 13.1. The third-order valence-electron chi connectivity index (χ3n) is 11.3. The van der Waals surface area contributed by atoms with Gasteiger partial charge in [-0.25, -0.2) is 17.9 Å². The summed E-state index contributed by atoms with van der Waals surface area (Å²) < 4.78 is 49.2. The van der Waals surface area contributed by atoms with Gasteiger partial charge < -0.3 is 28.2 Å². The minimum absolute atomic E-state index is 0.108. The van der Waals surface area contributed by atoms with E-state index in [9.17, 15) is 23.1 Å². The third kappa shape index (κ3) is 11.0. The second kappa shape index (κ2) is 21.2. The molecule has 70 heavy (non-hydrogen) atoms. The van der Waals surface area contributed by atoms with Gasteiger partial charge in [0.2, 0.25) is 0 Å². The van der Waals surface area contributed by atoms with Gasteiger partial charge in [0.1, 0.15) is 30.4 Å². The number of sulfonamides is 1. The quantitative estimate of drug-likeness (QED) is 0.108. The lowest BCUT2D eigenvalue weighted by molar-refractivity contribution is 0.0696. The van der Waals surface area contributed by atoms with Crippen molar-refractivity contribution in [1.82, 2.24) is 19.0 Å². The first-order valence-electron chi connectivity index (χ1n) is 21.9. The zero-order chi connectivity index (χ0) is 49.5. The number of benzene rings is 6. The highest BCUT2D eigenvalue weighted by Crippen LogP contribution is 2.36. The van der Waals surface area contributed by atoms with Crippen molar-refractivity contribution in [2.45, 2.75) is 45.8 Å². The fourth-order valence-corrected chi connectivity index (χ4v) is 9.49. The molecular formula is C55H46Cl2N4O8S. The lowest BCUT2D eigenvalue weighted by Crippen LogP contribution is -2.31. The van der Waals surface area contributed by atoms with Gasteiger partial charge in [-0.2, -0.15) is 0 Å². The summed E-state index contributed by atoms with van der Waals surface area (Å²) in [5, 5.41) is 14.4. The van der Waals surface area contributed by atoms with Crippen molar-refractivity contribution in [3.05, 3.63) is 225 Å². The van der Waals surface area contributed by atoms with Crippen LogP contribution < -0.4 is 14.2 Å². The molecular weight excluding hydrogens is 948 g/mol. The van der Waals surface area contributed by atoms with E-state index in [2.05, 4.69) is 9.88 Å². The number of nitrogens with one attached hydrogen (secondary N) is 1. The summed E-state index contributed by atoms with van der Waals surface area (Å²) in [5.74, 6) is -0.164. The SMILES string of the molecule is Cc1ccc(-c2ccccc2OCc2ccc(Cl)cc2)n1-c1cccc(C(=O)O)c1.Cc1noc(C)c1S(=O)(=O)NC(=O)c1cccc(-n2c(C)ccc2-c2ccccc2OCc2ccc(Cl)cc2)c1. The maximum atomic E-state index is 13.1. The van der Waals surface area contributed by atoms with E-state index < -0.39 is 21.9 Å². The highest BCUT2D eigenvalue weighted by atomic mass is 35.5. The molecule has 0 unspecified atom stereocenters. The fourth-order valence-electron chi connectivity index (χ4n) is 7.93. The maximum Gasteiger partial charge on any atom is 0.335 e. The van der Waals surface area contributed by atoms with E-state index in [1.54, 1.807) is 36.4 Å². The molecule has 2 N–H and O–H groups in total. The molecule has 0 aliphatic carbocycles. The van der Waals surface area contributed by atoms with E-state index in [0.29, 0.717) is 34.7 Å². The summed E-state index contributed by atoms with van der Waals surface area (Å²) in [6, 6.07) is 52.3. The van der Waals surface area contributed by atoms with Crippen LogP contribution in [0.2, 0.25) is 10.0 Å². The molecule has 1 amide bonds. The number of aromatic nitrogens is 3. The average Bonchev–Trinajstić information content (AvgIpc) is 4.06. The zero-order valence-electron chi connectivity index (χ0n) is 38.4. The summed E-state index contributed by atoms with van der Waals surface area (Å²) in [7, 11) is -4.18. The molecule has 6 aromatic carbocycles. The average molecular weight is 994 g/mol. The lowest BCUT2D eigenvalue weighted by atomic mass is 10.1. The number of carbonyl (C=O) groups excluding carboxylic acids is 1. The molecule has 0 spiro atoms. The number of nitrogens with zero attached hydrogens (tertiary/aromatic N) is 3. The first kappa shape index (κ1) is 48.6. The molecule has 12 nitrogen and oxygen atoms in total. The molecule has 0 fully saturated rings. The number of aryl methyl sites for hydroxylation is 4. The molecule has 0 aliphatic heterocycles. The standard InChI is InChI=1S/C30H26ClN3O5S.C25H20ClNO3/c1-19-11-16-27(26-9-4-5-10-28(26)38-18-22-12-14-24(31)15-13-22)34(19)25-8-6-7-23(17-25)30(35)33-40(36,37)29-20(2)32-39-21(29)3;1-17-9-14-23(27(17)21-6-4-5-19(15-21)25(28)29)22-7-2-3-8-24(22)30-16-18-10-12-20(26)13-11-18/h4-17H,18H2,1-3H3,(H,33,35);2-15H,16H2,1H3,(H,28,29). The van der Waals surface area contributed by atoms with E-state index in [1.807, 2.05) is 156 Å². The molecule has 3 heterocycles. The number of para-hydroxylation sites is 2. The van der Waals surface area contributed by atoms with E-state index in [-0.39, 0.29) is 27.5 Å². The number of amides is 1. The van der Waals surface area contributed by atoms with Gasteiger partial charge >= 0.3 is 5.97 Å². The summed E-state index contributed by atoms with van der Waals surface area (Å²) >= 11 is 12.0. The zero-order valence-corrected chi connectivity index (χ0v) is 40.7. The molecule has 0 saturated heterocycles. The molecule has 0 bridgehead atoms. The Bertz CT molecular complexity index is 3430. The van der Waals surface area contributed by atoms with Gasteiger partial charge in [0.05, 0.1) is 17.0 Å². The third-order valence-corrected chi connectivity index (χ3v) is 13.4. The van der Waals surface area contributed by atoms with Crippen LogP contribution in [0.1, 0.15) is 54.7 Å². The summed E-state index contributed by atoms with van der Waals surface area (Å²) in [4.78, 5) is 24.3. The van der Waals surface area contributed by atoms with Crippen LogP contribution in [0.15, 0.2) is 179 Å². The highest BCUT2D eigenvalue weighted by Gasteiger charge is 2.27. The Morgan fingerprint density at radius 1 is 0.600 bits per heavy atom. The van der Waals surface area contributed by atoms with Crippen LogP contribution in [0.3, 0.4) is 0 Å². The van der Waals surface area contributed by atoms with Crippen LogP contribution in [0.4, 0.5) is 0 Å². The smallest absolute Gasteiger partial charge is 0.335 e.